The van der Waals surface area contributed by atoms with Gasteiger partial charge in [0.25, 0.3) is 0 Å². The number of ketones is 1. The molecule has 1 amide bonds. The molecule has 0 heterocycles. The fraction of sp³-hybridized carbons (Fsp3) is 0.645. The molecule has 0 aliphatic heterocycles. The van der Waals surface area contributed by atoms with Crippen molar-refractivity contribution in [2.45, 2.75) is 103 Å². The van der Waals surface area contributed by atoms with Crippen molar-refractivity contribution in [1.82, 2.24) is 5.32 Å². The van der Waals surface area contributed by atoms with Gasteiger partial charge in [0, 0.05) is 25.8 Å². The maximum Gasteiger partial charge on any atom is 0.335 e. The highest BCUT2D eigenvalue weighted by atomic mass is 16.5. The first kappa shape index (κ1) is 35.6. The van der Waals surface area contributed by atoms with Crippen molar-refractivity contribution in [3.05, 3.63) is 29.8 Å². The molecular formula is C31H47NO9. The molecule has 0 aliphatic rings. The van der Waals surface area contributed by atoms with Crippen molar-refractivity contribution < 1.29 is 44.0 Å². The molecule has 0 aliphatic carbocycles. The van der Waals surface area contributed by atoms with Crippen LogP contribution < -0.4 is 10.1 Å². The van der Waals surface area contributed by atoms with Crippen LogP contribution in [0.15, 0.2) is 24.3 Å². The number of benzene rings is 1. The van der Waals surface area contributed by atoms with Crippen molar-refractivity contribution in [3.63, 3.8) is 0 Å². The van der Waals surface area contributed by atoms with E-state index in [2.05, 4.69) is 5.32 Å². The van der Waals surface area contributed by atoms with Crippen LogP contribution in [0.3, 0.4) is 0 Å². The second kappa shape index (κ2) is 21.3. The topological polar surface area (TPSA) is 167 Å². The molecular weight excluding hydrogens is 530 g/mol. The lowest BCUT2D eigenvalue weighted by atomic mass is 9.94. The lowest BCUT2D eigenvalue weighted by Crippen LogP contribution is -2.26. The molecule has 0 spiro atoms. The number of nitrogens with one attached hydrogen (secondary N) is 1. The van der Waals surface area contributed by atoms with Crippen molar-refractivity contribution in [2.24, 2.45) is 11.8 Å². The van der Waals surface area contributed by atoms with E-state index < -0.39 is 29.7 Å². The lowest BCUT2D eigenvalue weighted by Gasteiger charge is -2.12. The Kier molecular flexibility index (Phi) is 18.5. The Bertz CT molecular complexity index is 945. The molecule has 0 saturated heterocycles. The highest BCUT2D eigenvalue weighted by Crippen LogP contribution is 2.17. The fourth-order valence-electron chi connectivity index (χ4n) is 4.38. The first-order valence-corrected chi connectivity index (χ1v) is 14.8. The van der Waals surface area contributed by atoms with Crippen molar-refractivity contribution >= 4 is 29.6 Å². The predicted molar refractivity (Wildman–Crippen MR) is 154 cm³/mol. The molecule has 1 rings (SSSR count). The number of ether oxygens (including phenoxy) is 1. The molecule has 10 heteroatoms. The molecule has 0 unspecified atom stereocenters. The number of aliphatic carboxylic acids is 2. The third-order valence-electron chi connectivity index (χ3n) is 7.07. The number of amides is 1. The summed E-state index contributed by atoms with van der Waals surface area (Å²) in [7, 11) is 0. The number of unbranched alkanes of at least 4 members (excludes halogenated alkanes) is 8. The smallest absolute Gasteiger partial charge is 0.335 e. The van der Waals surface area contributed by atoms with E-state index in [4.69, 9.17) is 14.9 Å². The third kappa shape index (κ3) is 17.8. The van der Waals surface area contributed by atoms with Crippen LogP contribution in [0.1, 0.15) is 114 Å². The summed E-state index contributed by atoms with van der Waals surface area (Å²) in [5.74, 6) is -3.80. The summed E-state index contributed by atoms with van der Waals surface area (Å²) in [6, 6.07) is 6.37. The molecule has 41 heavy (non-hydrogen) atoms. The van der Waals surface area contributed by atoms with Gasteiger partial charge in [-0.05, 0) is 56.4 Å². The standard InChI is InChI=1S/C31H47NO9/c1-23(29(35)36)12-9-10-20-32-28(34)19-16-25(31(39)40)22-26(33)13-8-6-4-2-3-5-7-11-21-41-27-17-14-24(15-18-27)30(37)38/h14-15,17-18,23,25H,2-13,16,19-22H2,1H3,(H,32,34)(H,35,36)(H,37,38)(H,39,40)/t23-,25+/m0/s1. The van der Waals surface area contributed by atoms with Crippen molar-refractivity contribution in [1.29, 1.82) is 0 Å². The Morgan fingerprint density at radius 3 is 1.93 bits per heavy atom. The average molecular weight is 578 g/mol. The third-order valence-corrected chi connectivity index (χ3v) is 7.07. The maximum absolute atomic E-state index is 12.3. The normalized spacial score (nSPS) is 12.3. The zero-order valence-electron chi connectivity index (χ0n) is 24.3. The van der Waals surface area contributed by atoms with Crippen LogP contribution in [0.4, 0.5) is 0 Å². The SMILES string of the molecule is C[C@@H](CCCCNC(=O)CC[C@H](CC(=O)CCCCCCCCCCOc1ccc(C(=O)O)cc1)C(=O)O)C(=O)O. The van der Waals surface area contributed by atoms with E-state index in [9.17, 15) is 29.1 Å². The first-order valence-electron chi connectivity index (χ1n) is 14.8. The fourth-order valence-corrected chi connectivity index (χ4v) is 4.38. The molecule has 0 radical (unpaired) electrons. The minimum atomic E-state index is -1.06. The summed E-state index contributed by atoms with van der Waals surface area (Å²) in [4.78, 5) is 57.5. The van der Waals surface area contributed by atoms with E-state index in [-0.39, 0.29) is 36.5 Å². The number of carbonyl (C=O) groups is 5. The van der Waals surface area contributed by atoms with Gasteiger partial charge in [0.2, 0.25) is 5.91 Å². The Labute approximate surface area is 242 Å². The Morgan fingerprint density at radius 1 is 0.732 bits per heavy atom. The molecule has 2 atom stereocenters. The Morgan fingerprint density at radius 2 is 1.34 bits per heavy atom. The lowest BCUT2D eigenvalue weighted by molar-refractivity contribution is -0.144. The van der Waals surface area contributed by atoms with Crippen molar-refractivity contribution in [2.75, 3.05) is 13.2 Å². The number of hydrogen-bond acceptors (Lipinski definition) is 6. The minimum absolute atomic E-state index is 0.0434. The highest BCUT2D eigenvalue weighted by molar-refractivity contribution is 5.87. The van der Waals surface area contributed by atoms with Gasteiger partial charge in [0.05, 0.1) is 24.0 Å². The first-order chi connectivity index (χ1) is 19.6. The Hall–Kier alpha value is -3.43. The molecule has 230 valence electrons. The number of Topliss-reactive ketones (excluding diaryl/α,β-unsaturated/α-hetero) is 1. The van der Waals surface area contributed by atoms with Gasteiger partial charge in [-0.25, -0.2) is 4.79 Å². The summed E-state index contributed by atoms with van der Waals surface area (Å²) in [6.07, 6.45) is 10.3. The van der Waals surface area contributed by atoms with Gasteiger partial charge in [-0.2, -0.15) is 0 Å². The van der Waals surface area contributed by atoms with Gasteiger partial charge in [0.1, 0.15) is 11.5 Å². The van der Waals surface area contributed by atoms with Crippen LogP contribution in [0.5, 0.6) is 5.75 Å². The molecule has 0 aromatic heterocycles. The molecule has 10 nitrogen and oxygen atoms in total. The van der Waals surface area contributed by atoms with Crippen LogP contribution in [0.25, 0.3) is 0 Å². The predicted octanol–water partition coefficient (Wildman–Crippen LogP) is 5.72. The van der Waals surface area contributed by atoms with E-state index in [1.165, 1.54) is 12.1 Å². The minimum Gasteiger partial charge on any atom is -0.494 e. The summed E-state index contributed by atoms with van der Waals surface area (Å²) in [5.41, 5.74) is 0.235. The largest absolute Gasteiger partial charge is 0.494 e. The number of aromatic carboxylic acids is 1. The number of carboxylic acids is 3. The summed E-state index contributed by atoms with van der Waals surface area (Å²) in [5, 5.41) is 29.9. The summed E-state index contributed by atoms with van der Waals surface area (Å²) in [6.45, 7) is 2.65. The number of hydrogen-bond donors (Lipinski definition) is 4. The van der Waals surface area contributed by atoms with Crippen LogP contribution in [-0.4, -0.2) is 58.1 Å². The van der Waals surface area contributed by atoms with Gasteiger partial charge in [-0.1, -0.05) is 51.9 Å². The number of rotatable bonds is 25. The van der Waals surface area contributed by atoms with E-state index >= 15 is 0 Å². The van der Waals surface area contributed by atoms with E-state index in [0.29, 0.717) is 44.6 Å². The van der Waals surface area contributed by atoms with Crippen molar-refractivity contribution in [3.8, 4) is 5.75 Å². The molecule has 0 fully saturated rings. The second-order valence-electron chi connectivity index (χ2n) is 10.7. The Balaban J connectivity index is 2.04. The molecule has 1 aromatic carbocycles. The van der Waals surface area contributed by atoms with Crippen LogP contribution in [-0.2, 0) is 19.2 Å². The zero-order valence-corrected chi connectivity index (χ0v) is 24.3. The molecule has 0 saturated carbocycles. The molecule has 4 N–H and O–H groups in total. The van der Waals surface area contributed by atoms with Gasteiger partial charge in [0.15, 0.2) is 0 Å². The van der Waals surface area contributed by atoms with Gasteiger partial charge < -0.3 is 25.4 Å². The molecule has 0 bridgehead atoms. The maximum atomic E-state index is 12.3. The highest BCUT2D eigenvalue weighted by Gasteiger charge is 2.22. The quantitative estimate of drug-likeness (QED) is 0.106. The van der Waals surface area contributed by atoms with E-state index in [0.717, 1.165) is 51.4 Å². The number of carbonyl (C=O) groups excluding carboxylic acids is 2. The van der Waals surface area contributed by atoms with Gasteiger partial charge in [-0.15, -0.1) is 0 Å². The zero-order chi connectivity index (χ0) is 30.5. The monoisotopic (exact) mass is 577 g/mol. The second-order valence-corrected chi connectivity index (χ2v) is 10.7. The van der Waals surface area contributed by atoms with Crippen LogP contribution in [0.2, 0.25) is 0 Å². The van der Waals surface area contributed by atoms with Gasteiger partial charge >= 0.3 is 17.9 Å². The van der Waals surface area contributed by atoms with Crippen LogP contribution >= 0.6 is 0 Å². The van der Waals surface area contributed by atoms with E-state index in [1.807, 2.05) is 0 Å². The molecule has 1 aromatic rings. The van der Waals surface area contributed by atoms with Crippen LogP contribution in [0, 0.1) is 11.8 Å². The number of carboxylic acid groups (broad SMARTS) is 3. The summed E-state index contributed by atoms with van der Waals surface area (Å²) >= 11 is 0. The average Bonchev–Trinajstić information content (AvgIpc) is 2.93. The van der Waals surface area contributed by atoms with Gasteiger partial charge in [-0.3, -0.25) is 19.2 Å². The summed E-state index contributed by atoms with van der Waals surface area (Å²) < 4.78 is 5.63. The van der Waals surface area contributed by atoms with E-state index in [1.54, 1.807) is 19.1 Å².